The number of aliphatic carboxylic acids is 1. The van der Waals surface area contributed by atoms with Crippen LogP contribution in [0.1, 0.15) is 11.1 Å². The molecule has 0 aliphatic heterocycles. The minimum absolute atomic E-state index is 0.248. The van der Waals surface area contributed by atoms with E-state index in [-0.39, 0.29) is 6.42 Å². The van der Waals surface area contributed by atoms with Crippen LogP contribution in [0.4, 0.5) is 4.79 Å². The quantitative estimate of drug-likeness (QED) is 0.635. The third-order valence-electron chi connectivity index (χ3n) is 3.88. The lowest BCUT2D eigenvalue weighted by Gasteiger charge is -2.15. The second-order valence-electron chi connectivity index (χ2n) is 5.66. The molecule has 2 aromatic carbocycles. The van der Waals surface area contributed by atoms with Crippen molar-refractivity contribution in [1.29, 1.82) is 0 Å². The van der Waals surface area contributed by atoms with E-state index >= 15 is 0 Å². The van der Waals surface area contributed by atoms with Crippen LogP contribution in [-0.4, -0.2) is 23.1 Å². The Morgan fingerprint density at radius 3 is 2.52 bits per heavy atom. The third kappa shape index (κ3) is 4.36. The Morgan fingerprint density at radius 2 is 1.76 bits per heavy atom. The van der Waals surface area contributed by atoms with Crippen molar-refractivity contribution in [1.82, 2.24) is 10.6 Å². The maximum Gasteiger partial charge on any atom is 0.326 e. The smallest absolute Gasteiger partial charge is 0.326 e. The van der Waals surface area contributed by atoms with Crippen molar-refractivity contribution in [2.45, 2.75) is 19.0 Å². The number of carbonyl (C=O) groups excluding carboxylic acids is 1. The molecule has 3 aromatic rings. The molecular formula is C19H18N2O3S. The molecule has 0 bridgehead atoms. The van der Waals surface area contributed by atoms with Crippen LogP contribution in [-0.2, 0) is 17.8 Å². The molecule has 6 heteroatoms. The van der Waals surface area contributed by atoms with Gasteiger partial charge in [-0.25, -0.2) is 9.59 Å². The van der Waals surface area contributed by atoms with Gasteiger partial charge in [0, 0.05) is 17.7 Å². The maximum atomic E-state index is 12.0. The molecule has 25 heavy (non-hydrogen) atoms. The monoisotopic (exact) mass is 354 g/mol. The Kier molecular flexibility index (Phi) is 5.30. The van der Waals surface area contributed by atoms with Crippen LogP contribution in [0.15, 0.2) is 60.0 Å². The van der Waals surface area contributed by atoms with E-state index in [2.05, 4.69) is 10.6 Å². The summed E-state index contributed by atoms with van der Waals surface area (Å²) in [4.78, 5) is 23.6. The average Bonchev–Trinajstić information content (AvgIpc) is 3.03. The van der Waals surface area contributed by atoms with Gasteiger partial charge in [0.05, 0.1) is 0 Å². The summed E-state index contributed by atoms with van der Waals surface area (Å²) in [6.45, 7) is 0.348. The van der Waals surface area contributed by atoms with E-state index in [4.69, 9.17) is 0 Å². The van der Waals surface area contributed by atoms with Crippen molar-refractivity contribution in [3.8, 4) is 0 Å². The van der Waals surface area contributed by atoms with E-state index in [0.29, 0.717) is 6.54 Å². The van der Waals surface area contributed by atoms with Crippen LogP contribution in [0, 0.1) is 0 Å². The first-order valence-electron chi connectivity index (χ1n) is 7.89. The summed E-state index contributed by atoms with van der Waals surface area (Å²) < 4.78 is 1.11. The largest absolute Gasteiger partial charge is 0.480 e. The number of fused-ring (bicyclic) bond motifs is 1. The number of carbonyl (C=O) groups is 2. The molecule has 0 radical (unpaired) electrons. The number of thiophene rings is 1. The first-order valence-corrected chi connectivity index (χ1v) is 8.77. The van der Waals surface area contributed by atoms with Gasteiger partial charge in [-0.05, 0) is 28.0 Å². The van der Waals surface area contributed by atoms with E-state index in [1.54, 1.807) is 11.3 Å². The lowest BCUT2D eigenvalue weighted by atomic mass is 10.1. The van der Waals surface area contributed by atoms with Gasteiger partial charge < -0.3 is 15.7 Å². The molecule has 2 amide bonds. The molecule has 0 fully saturated rings. The van der Waals surface area contributed by atoms with Crippen molar-refractivity contribution in [3.63, 3.8) is 0 Å². The molecule has 1 unspecified atom stereocenters. The first-order chi connectivity index (χ1) is 12.1. The summed E-state index contributed by atoms with van der Waals surface area (Å²) in [6.07, 6.45) is 0.248. The standard InChI is InChI=1S/C19H18N2O3S/c22-18(23)16(10-14-12-25-17-9-5-4-8-15(14)17)21-19(24)20-11-13-6-2-1-3-7-13/h1-9,12,16H,10-11H2,(H,22,23)(H2,20,21,24). The lowest BCUT2D eigenvalue weighted by molar-refractivity contribution is -0.139. The molecule has 0 aliphatic carbocycles. The SMILES string of the molecule is O=C(NCc1ccccc1)NC(Cc1csc2ccccc12)C(=O)O. The number of nitrogens with one attached hydrogen (secondary N) is 2. The van der Waals surface area contributed by atoms with Gasteiger partial charge >= 0.3 is 12.0 Å². The molecule has 0 spiro atoms. The summed E-state index contributed by atoms with van der Waals surface area (Å²) in [7, 11) is 0. The zero-order valence-electron chi connectivity index (χ0n) is 13.4. The van der Waals surface area contributed by atoms with Crippen LogP contribution in [0.2, 0.25) is 0 Å². The zero-order valence-corrected chi connectivity index (χ0v) is 14.3. The van der Waals surface area contributed by atoms with Gasteiger partial charge in [-0.15, -0.1) is 11.3 Å². The lowest BCUT2D eigenvalue weighted by Crippen LogP contribution is -2.46. The maximum absolute atomic E-state index is 12.0. The van der Waals surface area contributed by atoms with Crippen molar-refractivity contribution in [3.05, 3.63) is 71.1 Å². The van der Waals surface area contributed by atoms with Crippen LogP contribution in [0.25, 0.3) is 10.1 Å². The molecule has 0 saturated carbocycles. The van der Waals surface area contributed by atoms with Crippen LogP contribution < -0.4 is 10.6 Å². The van der Waals surface area contributed by atoms with Crippen molar-refractivity contribution in [2.75, 3.05) is 0 Å². The zero-order chi connectivity index (χ0) is 17.6. The van der Waals surface area contributed by atoms with E-state index in [1.165, 1.54) is 0 Å². The molecule has 1 aromatic heterocycles. The van der Waals surface area contributed by atoms with Crippen LogP contribution in [0.3, 0.4) is 0 Å². The summed E-state index contributed by atoms with van der Waals surface area (Å²) in [5.41, 5.74) is 1.88. The number of hydrogen-bond acceptors (Lipinski definition) is 3. The molecule has 3 rings (SSSR count). The first kappa shape index (κ1) is 17.0. The Bertz CT molecular complexity index is 877. The Hall–Kier alpha value is -2.86. The normalized spacial score (nSPS) is 11.8. The van der Waals surface area contributed by atoms with Crippen molar-refractivity contribution in [2.24, 2.45) is 0 Å². The fourth-order valence-electron chi connectivity index (χ4n) is 2.60. The summed E-state index contributed by atoms with van der Waals surface area (Å²) in [6, 6.07) is 15.8. The van der Waals surface area contributed by atoms with E-state index in [9.17, 15) is 14.7 Å². The highest BCUT2D eigenvalue weighted by Crippen LogP contribution is 2.26. The molecule has 0 aliphatic rings. The second kappa shape index (κ2) is 7.81. The molecule has 3 N–H and O–H groups in total. The fourth-order valence-corrected chi connectivity index (χ4v) is 3.57. The topological polar surface area (TPSA) is 78.4 Å². The molecule has 1 heterocycles. The predicted molar refractivity (Wildman–Crippen MR) is 98.8 cm³/mol. The summed E-state index contributed by atoms with van der Waals surface area (Å²) >= 11 is 1.57. The van der Waals surface area contributed by atoms with Crippen molar-refractivity contribution >= 4 is 33.4 Å². The number of hydrogen-bond donors (Lipinski definition) is 3. The number of urea groups is 1. The number of rotatable bonds is 6. The van der Waals surface area contributed by atoms with Gasteiger partial charge in [-0.2, -0.15) is 0 Å². The minimum atomic E-state index is -1.05. The number of amides is 2. The third-order valence-corrected chi connectivity index (χ3v) is 4.90. The Balaban J connectivity index is 1.63. The molecule has 5 nitrogen and oxygen atoms in total. The van der Waals surface area contributed by atoms with E-state index < -0.39 is 18.0 Å². The molecule has 128 valence electrons. The minimum Gasteiger partial charge on any atom is -0.480 e. The predicted octanol–water partition coefficient (Wildman–Crippen LogP) is 3.40. The van der Waals surface area contributed by atoms with E-state index in [0.717, 1.165) is 21.2 Å². The van der Waals surface area contributed by atoms with Crippen molar-refractivity contribution < 1.29 is 14.7 Å². The highest BCUT2D eigenvalue weighted by molar-refractivity contribution is 7.17. The highest BCUT2D eigenvalue weighted by atomic mass is 32.1. The fraction of sp³-hybridized carbons (Fsp3) is 0.158. The number of carboxylic acid groups (broad SMARTS) is 1. The Morgan fingerprint density at radius 1 is 1.04 bits per heavy atom. The van der Waals surface area contributed by atoms with Crippen LogP contribution in [0.5, 0.6) is 0 Å². The molecule has 1 atom stereocenters. The van der Waals surface area contributed by atoms with Gasteiger partial charge in [0.25, 0.3) is 0 Å². The summed E-state index contributed by atoms with van der Waals surface area (Å²) in [5.74, 6) is -1.05. The number of carboxylic acids is 1. The van der Waals surface area contributed by atoms with Crippen LogP contribution >= 0.6 is 11.3 Å². The van der Waals surface area contributed by atoms with Gasteiger partial charge in [0.2, 0.25) is 0 Å². The number of benzene rings is 2. The second-order valence-corrected chi connectivity index (χ2v) is 6.58. The van der Waals surface area contributed by atoms with Gasteiger partial charge in [-0.3, -0.25) is 0 Å². The Labute approximate surface area is 149 Å². The van der Waals surface area contributed by atoms with Gasteiger partial charge in [0.1, 0.15) is 6.04 Å². The average molecular weight is 354 g/mol. The molecule has 0 saturated heterocycles. The van der Waals surface area contributed by atoms with E-state index in [1.807, 2.05) is 60.0 Å². The summed E-state index contributed by atoms with van der Waals surface area (Å²) in [5, 5.41) is 17.7. The van der Waals surface area contributed by atoms with Gasteiger partial charge in [-0.1, -0.05) is 48.5 Å². The van der Waals surface area contributed by atoms with Gasteiger partial charge in [0.15, 0.2) is 0 Å². The highest BCUT2D eigenvalue weighted by Gasteiger charge is 2.21. The molecular weight excluding hydrogens is 336 g/mol.